The van der Waals surface area contributed by atoms with Crippen molar-refractivity contribution < 1.29 is 4.74 Å². The SMILES string of the molecule is COc1cc(NC2CCN(C)C2)ccc1Br. The van der Waals surface area contributed by atoms with Gasteiger partial charge in [0.15, 0.2) is 0 Å². The minimum Gasteiger partial charge on any atom is -0.495 e. The van der Waals surface area contributed by atoms with E-state index < -0.39 is 0 Å². The third-order valence-electron chi connectivity index (χ3n) is 2.91. The number of ether oxygens (including phenoxy) is 1. The molecule has 0 spiro atoms. The second-order valence-corrected chi connectivity index (χ2v) is 5.10. The predicted octanol–water partition coefficient (Wildman–Crippen LogP) is 2.57. The van der Waals surface area contributed by atoms with Crippen molar-refractivity contribution in [1.29, 1.82) is 0 Å². The predicted molar refractivity (Wildman–Crippen MR) is 70.2 cm³/mol. The molecule has 2 rings (SSSR count). The maximum Gasteiger partial charge on any atom is 0.135 e. The number of nitrogens with zero attached hydrogens (tertiary/aromatic N) is 1. The van der Waals surface area contributed by atoms with Crippen molar-refractivity contribution in [3.8, 4) is 5.75 Å². The van der Waals surface area contributed by atoms with Gasteiger partial charge in [-0.1, -0.05) is 0 Å². The molecule has 16 heavy (non-hydrogen) atoms. The fourth-order valence-corrected chi connectivity index (χ4v) is 2.45. The topological polar surface area (TPSA) is 24.5 Å². The summed E-state index contributed by atoms with van der Waals surface area (Å²) in [7, 11) is 3.84. The van der Waals surface area contributed by atoms with E-state index in [-0.39, 0.29) is 0 Å². The zero-order valence-corrected chi connectivity index (χ0v) is 11.3. The minimum absolute atomic E-state index is 0.552. The van der Waals surface area contributed by atoms with Gasteiger partial charge in [0.2, 0.25) is 0 Å². The Bertz CT molecular complexity index is 370. The van der Waals surface area contributed by atoms with Gasteiger partial charge in [0, 0.05) is 24.3 Å². The number of nitrogens with one attached hydrogen (secondary N) is 1. The van der Waals surface area contributed by atoms with Crippen LogP contribution >= 0.6 is 15.9 Å². The number of methoxy groups -OCH3 is 1. The zero-order valence-electron chi connectivity index (χ0n) is 9.66. The molecule has 88 valence electrons. The van der Waals surface area contributed by atoms with Gasteiger partial charge >= 0.3 is 0 Å². The third kappa shape index (κ3) is 2.68. The van der Waals surface area contributed by atoms with Crippen LogP contribution in [0.2, 0.25) is 0 Å². The lowest BCUT2D eigenvalue weighted by Gasteiger charge is -2.15. The fraction of sp³-hybridized carbons (Fsp3) is 0.500. The van der Waals surface area contributed by atoms with Crippen molar-refractivity contribution in [2.75, 3.05) is 32.6 Å². The number of halogens is 1. The molecule has 1 heterocycles. The Labute approximate surface area is 105 Å². The summed E-state index contributed by atoms with van der Waals surface area (Å²) >= 11 is 3.45. The first-order valence-electron chi connectivity index (χ1n) is 5.47. The third-order valence-corrected chi connectivity index (χ3v) is 3.57. The first kappa shape index (κ1) is 11.7. The van der Waals surface area contributed by atoms with E-state index in [0.29, 0.717) is 6.04 Å². The van der Waals surface area contributed by atoms with Gasteiger partial charge in [0.05, 0.1) is 11.6 Å². The molecule has 1 aliphatic rings. The molecule has 1 aromatic rings. The van der Waals surface area contributed by atoms with Crippen LogP contribution in [0.3, 0.4) is 0 Å². The molecule has 0 saturated carbocycles. The number of hydrogen-bond acceptors (Lipinski definition) is 3. The Morgan fingerprint density at radius 1 is 1.50 bits per heavy atom. The Morgan fingerprint density at radius 2 is 2.31 bits per heavy atom. The van der Waals surface area contributed by atoms with E-state index in [4.69, 9.17) is 4.74 Å². The standard InChI is InChI=1S/C12H17BrN2O/c1-15-6-5-10(8-15)14-9-3-4-11(13)12(7-9)16-2/h3-4,7,10,14H,5-6,8H2,1-2H3. The molecule has 0 aromatic heterocycles. The number of rotatable bonds is 3. The second kappa shape index (κ2) is 5.06. The summed E-state index contributed by atoms with van der Waals surface area (Å²) in [6.45, 7) is 2.28. The first-order chi connectivity index (χ1) is 7.69. The molecule has 3 nitrogen and oxygen atoms in total. The summed E-state index contributed by atoms with van der Waals surface area (Å²) in [4.78, 5) is 2.34. The van der Waals surface area contributed by atoms with Gasteiger partial charge in [-0.25, -0.2) is 0 Å². The van der Waals surface area contributed by atoms with Gasteiger partial charge in [-0.15, -0.1) is 0 Å². The first-order valence-corrected chi connectivity index (χ1v) is 6.27. The van der Waals surface area contributed by atoms with Crippen LogP contribution in [0.5, 0.6) is 5.75 Å². The maximum atomic E-state index is 5.27. The van der Waals surface area contributed by atoms with Crippen molar-refractivity contribution in [3.05, 3.63) is 22.7 Å². The number of anilines is 1. The highest BCUT2D eigenvalue weighted by Gasteiger charge is 2.19. The Balaban J connectivity index is 2.04. The molecule has 1 atom stereocenters. The molecule has 0 amide bonds. The average Bonchev–Trinajstić information content (AvgIpc) is 2.67. The fourth-order valence-electron chi connectivity index (χ4n) is 2.04. The van der Waals surface area contributed by atoms with Crippen molar-refractivity contribution >= 4 is 21.6 Å². The highest BCUT2D eigenvalue weighted by atomic mass is 79.9. The summed E-state index contributed by atoms with van der Waals surface area (Å²) in [6, 6.07) is 6.67. The highest BCUT2D eigenvalue weighted by molar-refractivity contribution is 9.10. The molecule has 1 aliphatic heterocycles. The minimum atomic E-state index is 0.552. The lowest BCUT2D eigenvalue weighted by molar-refractivity contribution is 0.411. The summed E-state index contributed by atoms with van der Waals surface area (Å²) in [6.07, 6.45) is 1.20. The van der Waals surface area contributed by atoms with Gasteiger partial charge < -0.3 is 15.0 Å². The molecule has 0 aliphatic carbocycles. The van der Waals surface area contributed by atoms with Crippen LogP contribution in [0.4, 0.5) is 5.69 Å². The normalized spacial score (nSPS) is 21.1. The smallest absolute Gasteiger partial charge is 0.135 e. The van der Waals surface area contributed by atoms with Crippen LogP contribution in [0.25, 0.3) is 0 Å². The lowest BCUT2D eigenvalue weighted by atomic mass is 10.2. The van der Waals surface area contributed by atoms with E-state index in [1.165, 1.54) is 13.0 Å². The van der Waals surface area contributed by atoms with Crippen LogP contribution in [-0.4, -0.2) is 38.2 Å². The highest BCUT2D eigenvalue weighted by Crippen LogP contribution is 2.28. The molecule has 4 heteroatoms. The van der Waals surface area contributed by atoms with E-state index in [2.05, 4.69) is 39.3 Å². The Hall–Kier alpha value is -0.740. The summed E-state index contributed by atoms with van der Waals surface area (Å²) in [5.74, 6) is 0.872. The second-order valence-electron chi connectivity index (χ2n) is 4.24. The number of hydrogen-bond donors (Lipinski definition) is 1. The number of likely N-dealkylation sites (tertiary alicyclic amines) is 1. The van der Waals surface area contributed by atoms with Crippen molar-refractivity contribution in [1.82, 2.24) is 4.90 Å². The molecule has 1 unspecified atom stereocenters. The molecular formula is C12H17BrN2O. The maximum absolute atomic E-state index is 5.27. The molecule has 0 radical (unpaired) electrons. The van der Waals surface area contributed by atoms with E-state index >= 15 is 0 Å². The van der Waals surface area contributed by atoms with Gasteiger partial charge in [-0.05, 0) is 48.1 Å². The van der Waals surface area contributed by atoms with Crippen LogP contribution in [0.1, 0.15) is 6.42 Å². The Morgan fingerprint density at radius 3 is 2.94 bits per heavy atom. The molecule has 0 bridgehead atoms. The quantitative estimate of drug-likeness (QED) is 0.923. The lowest BCUT2D eigenvalue weighted by Crippen LogP contribution is -2.23. The van der Waals surface area contributed by atoms with E-state index in [1.54, 1.807) is 7.11 Å². The Kier molecular flexibility index (Phi) is 3.71. The summed E-state index contributed by atoms with van der Waals surface area (Å²) in [5, 5.41) is 3.53. The zero-order chi connectivity index (χ0) is 11.5. The molecule has 1 fully saturated rings. The number of likely N-dealkylation sites (N-methyl/N-ethyl adjacent to an activating group) is 1. The summed E-state index contributed by atoms with van der Waals surface area (Å²) < 4.78 is 6.26. The van der Waals surface area contributed by atoms with Gasteiger partial charge in [-0.3, -0.25) is 0 Å². The van der Waals surface area contributed by atoms with Crippen molar-refractivity contribution in [2.45, 2.75) is 12.5 Å². The summed E-state index contributed by atoms with van der Waals surface area (Å²) in [5.41, 5.74) is 1.13. The van der Waals surface area contributed by atoms with E-state index in [0.717, 1.165) is 22.5 Å². The van der Waals surface area contributed by atoms with Crippen LogP contribution < -0.4 is 10.1 Å². The van der Waals surface area contributed by atoms with Gasteiger partial charge in [-0.2, -0.15) is 0 Å². The van der Waals surface area contributed by atoms with E-state index in [9.17, 15) is 0 Å². The molecule has 1 N–H and O–H groups in total. The van der Waals surface area contributed by atoms with Crippen LogP contribution in [-0.2, 0) is 0 Å². The number of benzene rings is 1. The van der Waals surface area contributed by atoms with Crippen molar-refractivity contribution in [2.24, 2.45) is 0 Å². The average molecular weight is 285 g/mol. The van der Waals surface area contributed by atoms with Gasteiger partial charge in [0.1, 0.15) is 5.75 Å². The van der Waals surface area contributed by atoms with Crippen LogP contribution in [0, 0.1) is 0 Å². The monoisotopic (exact) mass is 284 g/mol. The van der Waals surface area contributed by atoms with E-state index in [1.807, 2.05) is 12.1 Å². The largest absolute Gasteiger partial charge is 0.495 e. The molecule has 1 aromatic carbocycles. The van der Waals surface area contributed by atoms with Gasteiger partial charge in [0.25, 0.3) is 0 Å². The van der Waals surface area contributed by atoms with Crippen molar-refractivity contribution in [3.63, 3.8) is 0 Å². The molecule has 1 saturated heterocycles. The van der Waals surface area contributed by atoms with Crippen LogP contribution in [0.15, 0.2) is 22.7 Å². The molecular weight excluding hydrogens is 268 g/mol.